The zero-order chi connectivity index (χ0) is 14.4. The third-order valence-corrected chi connectivity index (χ3v) is 2.59. The van der Waals surface area contributed by atoms with Crippen molar-refractivity contribution in [2.75, 3.05) is 11.9 Å². The molecule has 0 bridgehead atoms. The third-order valence-electron chi connectivity index (χ3n) is 2.59. The lowest BCUT2D eigenvalue weighted by Crippen LogP contribution is -2.18. The summed E-state index contributed by atoms with van der Waals surface area (Å²) < 4.78 is 4.71. The van der Waals surface area contributed by atoms with Gasteiger partial charge in [0.2, 0.25) is 5.91 Å². The number of carbonyl (C=O) groups excluding carboxylic acids is 2. The molecule has 0 aliphatic heterocycles. The molecule has 0 fully saturated rings. The molecule has 0 radical (unpaired) electrons. The number of nitrogens with zero attached hydrogens (tertiary/aromatic N) is 1. The van der Waals surface area contributed by atoms with Crippen molar-refractivity contribution in [1.29, 1.82) is 0 Å². The topological polar surface area (TPSA) is 84.1 Å². The molecule has 0 spiro atoms. The summed E-state index contributed by atoms with van der Waals surface area (Å²) in [5, 5.41) is 2.64. The number of benzene rings is 1. The van der Waals surface area contributed by atoms with Gasteiger partial charge in [-0.1, -0.05) is 12.1 Å². The Balaban J connectivity index is 1.94. The smallest absolute Gasteiger partial charge is 0.315 e. The highest BCUT2D eigenvalue weighted by Crippen LogP contribution is 2.18. The first-order chi connectivity index (χ1) is 9.69. The third kappa shape index (κ3) is 3.68. The fourth-order valence-electron chi connectivity index (χ4n) is 1.70. The number of H-pyrrole nitrogens is 1. The van der Waals surface area contributed by atoms with Gasteiger partial charge in [0.05, 0.1) is 24.8 Å². The van der Waals surface area contributed by atoms with Gasteiger partial charge in [-0.25, -0.2) is 4.98 Å². The quantitative estimate of drug-likeness (QED) is 0.644. The largest absolute Gasteiger partial charge is 0.466 e. The van der Waals surface area contributed by atoms with Gasteiger partial charge in [-0.05, 0) is 24.6 Å². The number of hydrogen-bond donors (Lipinski definition) is 2. The van der Waals surface area contributed by atoms with Crippen LogP contribution in [0.5, 0.6) is 0 Å². The Morgan fingerprint density at radius 1 is 1.30 bits per heavy atom. The zero-order valence-electron chi connectivity index (χ0n) is 11.1. The molecule has 1 aromatic carbocycles. The molecule has 2 N–H and O–H groups in total. The molecule has 104 valence electrons. The minimum atomic E-state index is -0.529. The Kier molecular flexibility index (Phi) is 4.49. The summed E-state index contributed by atoms with van der Waals surface area (Å²) in [6, 6.07) is 7.24. The number of aromatic amines is 1. The van der Waals surface area contributed by atoms with E-state index in [1.54, 1.807) is 31.6 Å². The average Bonchev–Trinajstić information content (AvgIpc) is 2.93. The van der Waals surface area contributed by atoms with E-state index < -0.39 is 11.9 Å². The van der Waals surface area contributed by atoms with Crippen LogP contribution in [0.2, 0.25) is 0 Å². The first-order valence-corrected chi connectivity index (χ1v) is 6.23. The highest BCUT2D eigenvalue weighted by atomic mass is 16.5. The fraction of sp³-hybridized carbons (Fsp3) is 0.214. The Hall–Kier alpha value is -2.63. The number of ether oxygens (including phenoxy) is 1. The predicted octanol–water partition coefficient (Wildman–Crippen LogP) is 1.97. The summed E-state index contributed by atoms with van der Waals surface area (Å²) in [5.41, 5.74) is 2.49. The van der Waals surface area contributed by atoms with Crippen molar-refractivity contribution in [3.63, 3.8) is 0 Å². The van der Waals surface area contributed by atoms with Crippen LogP contribution in [0, 0.1) is 0 Å². The lowest BCUT2D eigenvalue weighted by molar-refractivity contribution is -0.145. The van der Waals surface area contributed by atoms with Gasteiger partial charge in [0.15, 0.2) is 0 Å². The van der Waals surface area contributed by atoms with Crippen LogP contribution in [0.15, 0.2) is 36.8 Å². The molecular formula is C14H15N3O3. The van der Waals surface area contributed by atoms with Crippen molar-refractivity contribution in [2.24, 2.45) is 0 Å². The summed E-state index contributed by atoms with van der Waals surface area (Å²) in [6.45, 7) is 1.97. The maximum absolute atomic E-state index is 11.6. The lowest BCUT2D eigenvalue weighted by atomic mass is 10.1. The maximum atomic E-state index is 11.6. The van der Waals surface area contributed by atoms with E-state index in [1.807, 2.05) is 12.1 Å². The molecule has 0 aliphatic carbocycles. The fourth-order valence-corrected chi connectivity index (χ4v) is 1.70. The first kappa shape index (κ1) is 13.8. The minimum absolute atomic E-state index is 0.269. The molecule has 0 saturated heterocycles. The molecule has 6 heteroatoms. The van der Waals surface area contributed by atoms with E-state index in [4.69, 9.17) is 4.74 Å². The number of amides is 1. The van der Waals surface area contributed by atoms with E-state index in [9.17, 15) is 9.59 Å². The highest BCUT2D eigenvalue weighted by Gasteiger charge is 2.10. The van der Waals surface area contributed by atoms with Crippen LogP contribution in [0.3, 0.4) is 0 Å². The number of anilines is 1. The van der Waals surface area contributed by atoms with E-state index in [0.29, 0.717) is 5.69 Å². The second-order valence-electron chi connectivity index (χ2n) is 4.07. The molecule has 0 unspecified atom stereocenters. The summed E-state index contributed by atoms with van der Waals surface area (Å²) in [7, 11) is 0. The number of esters is 1. The van der Waals surface area contributed by atoms with E-state index in [0.717, 1.165) is 11.3 Å². The van der Waals surface area contributed by atoms with Gasteiger partial charge in [-0.2, -0.15) is 0 Å². The summed E-state index contributed by atoms with van der Waals surface area (Å²) in [5.74, 6) is -0.920. The molecule has 1 heterocycles. The SMILES string of the molecule is CCOC(=O)CC(=O)Nc1ccc(-c2cnc[nH]2)cc1. The van der Waals surface area contributed by atoms with Crippen molar-refractivity contribution in [1.82, 2.24) is 9.97 Å². The van der Waals surface area contributed by atoms with Crippen LogP contribution >= 0.6 is 0 Å². The van der Waals surface area contributed by atoms with Crippen LogP contribution in [0.4, 0.5) is 5.69 Å². The van der Waals surface area contributed by atoms with E-state index in [-0.39, 0.29) is 13.0 Å². The normalized spacial score (nSPS) is 10.1. The van der Waals surface area contributed by atoms with Gasteiger partial charge in [0, 0.05) is 5.69 Å². The van der Waals surface area contributed by atoms with Crippen LogP contribution in [0.1, 0.15) is 13.3 Å². The number of imidazole rings is 1. The second kappa shape index (κ2) is 6.51. The second-order valence-corrected chi connectivity index (χ2v) is 4.07. The molecule has 2 aromatic rings. The van der Waals surface area contributed by atoms with Crippen LogP contribution in [0.25, 0.3) is 11.3 Å². The maximum Gasteiger partial charge on any atom is 0.315 e. The molecule has 1 aromatic heterocycles. The molecule has 20 heavy (non-hydrogen) atoms. The van der Waals surface area contributed by atoms with Gasteiger partial charge in [-0.15, -0.1) is 0 Å². The molecule has 6 nitrogen and oxygen atoms in total. The summed E-state index contributed by atoms with van der Waals surface area (Å²) >= 11 is 0. The van der Waals surface area contributed by atoms with Crippen molar-refractivity contribution in [2.45, 2.75) is 13.3 Å². The highest BCUT2D eigenvalue weighted by molar-refractivity contribution is 6.01. The van der Waals surface area contributed by atoms with Gasteiger partial charge in [0.25, 0.3) is 0 Å². The van der Waals surface area contributed by atoms with Gasteiger partial charge in [0.1, 0.15) is 6.42 Å². The minimum Gasteiger partial charge on any atom is -0.466 e. The number of carbonyl (C=O) groups is 2. The van der Waals surface area contributed by atoms with Gasteiger partial charge in [-0.3, -0.25) is 9.59 Å². The number of hydrogen-bond acceptors (Lipinski definition) is 4. The number of rotatable bonds is 5. The molecule has 0 aliphatic rings. The van der Waals surface area contributed by atoms with Crippen LogP contribution in [-0.4, -0.2) is 28.5 Å². The number of nitrogens with one attached hydrogen (secondary N) is 2. The zero-order valence-corrected chi connectivity index (χ0v) is 11.1. The van der Waals surface area contributed by atoms with E-state index in [1.165, 1.54) is 0 Å². The van der Waals surface area contributed by atoms with E-state index >= 15 is 0 Å². The Morgan fingerprint density at radius 2 is 2.05 bits per heavy atom. The van der Waals surface area contributed by atoms with Gasteiger partial charge >= 0.3 is 5.97 Å². The lowest BCUT2D eigenvalue weighted by Gasteiger charge is -2.06. The molecule has 2 rings (SSSR count). The Labute approximate surface area is 116 Å². The van der Waals surface area contributed by atoms with Crippen molar-refractivity contribution in [3.05, 3.63) is 36.8 Å². The van der Waals surface area contributed by atoms with E-state index in [2.05, 4.69) is 15.3 Å². The average molecular weight is 273 g/mol. The summed E-state index contributed by atoms with van der Waals surface area (Å²) in [6.07, 6.45) is 3.04. The Bertz CT molecular complexity index is 576. The molecule has 1 amide bonds. The molecular weight excluding hydrogens is 258 g/mol. The van der Waals surface area contributed by atoms with Crippen molar-refractivity contribution in [3.8, 4) is 11.3 Å². The Morgan fingerprint density at radius 3 is 2.65 bits per heavy atom. The standard InChI is InChI=1S/C14H15N3O3/c1-2-20-14(19)7-13(18)17-11-5-3-10(4-6-11)12-8-15-9-16-12/h3-6,8-9H,2,7H2,1H3,(H,15,16)(H,17,18). The first-order valence-electron chi connectivity index (χ1n) is 6.23. The number of aromatic nitrogens is 2. The monoisotopic (exact) mass is 273 g/mol. The van der Waals surface area contributed by atoms with Crippen LogP contribution in [-0.2, 0) is 14.3 Å². The summed E-state index contributed by atoms with van der Waals surface area (Å²) in [4.78, 5) is 29.7. The van der Waals surface area contributed by atoms with Crippen molar-refractivity contribution >= 4 is 17.6 Å². The predicted molar refractivity (Wildman–Crippen MR) is 73.9 cm³/mol. The molecule has 0 saturated carbocycles. The van der Waals surface area contributed by atoms with Crippen LogP contribution < -0.4 is 5.32 Å². The molecule has 0 atom stereocenters. The van der Waals surface area contributed by atoms with Gasteiger partial charge < -0.3 is 15.0 Å². The van der Waals surface area contributed by atoms with Crippen molar-refractivity contribution < 1.29 is 14.3 Å².